The molecule has 1 aliphatic rings. The molecule has 1 aromatic heterocycles. The van der Waals surface area contributed by atoms with Crippen molar-refractivity contribution in [1.29, 1.82) is 0 Å². The van der Waals surface area contributed by atoms with E-state index < -0.39 is 23.7 Å². The Morgan fingerprint density at radius 2 is 2.13 bits per heavy atom. The number of hydrogen-bond donors (Lipinski definition) is 2. The second-order valence-electron chi connectivity index (χ2n) is 2.49. The van der Waals surface area contributed by atoms with E-state index in [2.05, 4.69) is 15.3 Å². The number of aromatic nitrogens is 2. The normalized spacial score (nSPS) is 15.1. The minimum atomic E-state index is -1.10. The van der Waals surface area contributed by atoms with Crippen LogP contribution in [0.15, 0.2) is 11.0 Å². The van der Waals surface area contributed by atoms with Crippen LogP contribution in [0.1, 0.15) is 0 Å². The highest BCUT2D eigenvalue weighted by Crippen LogP contribution is 2.13. The van der Waals surface area contributed by atoms with Gasteiger partial charge in [0, 0.05) is 0 Å². The molecular weight excluding hydrogens is 208 g/mol. The zero-order valence-corrected chi connectivity index (χ0v) is 7.00. The second kappa shape index (κ2) is 2.97. The summed E-state index contributed by atoms with van der Waals surface area (Å²) in [6, 6.07) is -1.65. The van der Waals surface area contributed by atoms with E-state index in [1.54, 1.807) is 0 Å². The van der Waals surface area contributed by atoms with Crippen LogP contribution in [-0.2, 0) is 4.84 Å². The molecule has 77 valence electrons. The van der Waals surface area contributed by atoms with Crippen molar-refractivity contribution in [2.45, 2.75) is 0 Å². The highest BCUT2D eigenvalue weighted by atomic mass is 16.7. The van der Waals surface area contributed by atoms with E-state index >= 15 is 0 Å². The van der Waals surface area contributed by atoms with Crippen LogP contribution >= 0.6 is 0 Å². The summed E-state index contributed by atoms with van der Waals surface area (Å²) >= 11 is 0. The summed E-state index contributed by atoms with van der Waals surface area (Å²) in [5.41, 5.74) is 1.61. The largest absolute Gasteiger partial charge is 0.480 e. The lowest BCUT2D eigenvalue weighted by molar-refractivity contribution is 0.132. The summed E-state index contributed by atoms with van der Waals surface area (Å²) in [6.45, 7) is 0. The second-order valence-corrected chi connectivity index (χ2v) is 2.49. The molecule has 2 heterocycles. The maximum absolute atomic E-state index is 11.2. The van der Waals surface area contributed by atoms with Crippen molar-refractivity contribution in [1.82, 2.24) is 15.4 Å². The molecule has 0 bridgehead atoms. The third-order valence-corrected chi connectivity index (χ3v) is 1.58. The van der Waals surface area contributed by atoms with Gasteiger partial charge in [0.1, 0.15) is 5.69 Å². The lowest BCUT2D eigenvalue weighted by Gasteiger charge is -2.05. The monoisotopic (exact) mass is 211 g/mol. The number of aromatic hydroxyl groups is 1. The van der Waals surface area contributed by atoms with Gasteiger partial charge in [-0.1, -0.05) is 0 Å². The van der Waals surface area contributed by atoms with Crippen LogP contribution in [0.5, 0.6) is 6.01 Å². The molecule has 0 unspecified atom stereocenters. The molecule has 1 aliphatic heterocycles. The van der Waals surface area contributed by atoms with Crippen molar-refractivity contribution in [3.05, 3.63) is 16.6 Å². The van der Waals surface area contributed by atoms with E-state index in [-0.39, 0.29) is 5.69 Å². The quantitative estimate of drug-likeness (QED) is 0.617. The first-order valence-corrected chi connectivity index (χ1v) is 3.64. The summed E-state index contributed by atoms with van der Waals surface area (Å²) in [4.78, 5) is 42.8. The Labute approximate surface area is 81.3 Å². The number of nitrogens with one attached hydrogen (secondary N) is 1. The minimum absolute atomic E-state index is 0.371. The molecule has 0 atom stereocenters. The van der Waals surface area contributed by atoms with Gasteiger partial charge in [0.25, 0.3) is 11.6 Å². The van der Waals surface area contributed by atoms with Gasteiger partial charge in [0.15, 0.2) is 0 Å². The fraction of sp³-hybridized carbons (Fsp3) is 0. The van der Waals surface area contributed by atoms with E-state index in [4.69, 9.17) is 5.11 Å². The summed E-state index contributed by atoms with van der Waals surface area (Å²) in [5, 5.41) is 8.80. The molecule has 2 rings (SSSR count). The predicted molar refractivity (Wildman–Crippen MR) is 43.0 cm³/mol. The van der Waals surface area contributed by atoms with Crippen molar-refractivity contribution in [3.8, 4) is 6.01 Å². The number of hydrogen-bond acceptors (Lipinski definition) is 6. The van der Waals surface area contributed by atoms with Crippen molar-refractivity contribution < 1.29 is 19.5 Å². The number of hydroxylamine groups is 1. The molecular formula is C6H3N4O5. The number of nitrogens with zero attached hydrogens (tertiary/aromatic N) is 3. The summed E-state index contributed by atoms with van der Waals surface area (Å²) in [6.07, 6.45) is -0.244. The summed E-state index contributed by atoms with van der Waals surface area (Å²) in [7, 11) is 0. The highest BCUT2D eigenvalue weighted by Gasteiger charge is 2.37. The van der Waals surface area contributed by atoms with Gasteiger partial charge in [-0.05, 0) is 5.48 Å². The third-order valence-electron chi connectivity index (χ3n) is 1.58. The number of urea groups is 1. The molecule has 1 saturated heterocycles. The Hall–Kier alpha value is -2.58. The van der Waals surface area contributed by atoms with Gasteiger partial charge >= 0.3 is 12.1 Å². The molecule has 9 heteroatoms. The van der Waals surface area contributed by atoms with Crippen molar-refractivity contribution in [3.63, 3.8) is 0 Å². The SMILES string of the molecule is O=C1[N]OC(=O)N1c1cnc(O)[nH]c1=O. The number of amides is 3. The van der Waals surface area contributed by atoms with Gasteiger partial charge in [0.05, 0.1) is 6.20 Å². The molecule has 1 radical (unpaired) electrons. The van der Waals surface area contributed by atoms with Gasteiger partial charge in [-0.2, -0.15) is 4.90 Å². The van der Waals surface area contributed by atoms with Crippen molar-refractivity contribution in [2.24, 2.45) is 0 Å². The van der Waals surface area contributed by atoms with Gasteiger partial charge in [-0.3, -0.25) is 14.6 Å². The first-order chi connectivity index (χ1) is 7.09. The molecule has 2 N–H and O–H groups in total. The zero-order valence-electron chi connectivity index (χ0n) is 7.00. The summed E-state index contributed by atoms with van der Waals surface area (Å²) in [5.74, 6) is 0. The maximum Gasteiger partial charge on any atom is 0.449 e. The number of carbonyl (C=O) groups is 2. The van der Waals surface area contributed by atoms with Gasteiger partial charge < -0.3 is 5.11 Å². The lowest BCUT2D eigenvalue weighted by atomic mass is 10.5. The molecule has 1 aromatic rings. The van der Waals surface area contributed by atoms with Crippen LogP contribution in [0.25, 0.3) is 0 Å². The van der Waals surface area contributed by atoms with Crippen LogP contribution in [0.4, 0.5) is 15.3 Å². The molecule has 0 spiro atoms. The van der Waals surface area contributed by atoms with Crippen molar-refractivity contribution >= 4 is 17.8 Å². The maximum atomic E-state index is 11.2. The average molecular weight is 211 g/mol. The third kappa shape index (κ3) is 1.35. The van der Waals surface area contributed by atoms with Gasteiger partial charge in [0.2, 0.25) is 0 Å². The lowest BCUT2D eigenvalue weighted by Crippen LogP contribution is -2.33. The topological polar surface area (TPSA) is 127 Å². The first kappa shape index (κ1) is 8.99. The summed E-state index contributed by atoms with van der Waals surface area (Å²) < 4.78 is 0. The molecule has 0 aliphatic carbocycles. The predicted octanol–water partition coefficient (Wildman–Crippen LogP) is -0.929. The van der Waals surface area contributed by atoms with E-state index in [0.717, 1.165) is 6.20 Å². The molecule has 0 saturated carbocycles. The fourth-order valence-electron chi connectivity index (χ4n) is 0.977. The minimum Gasteiger partial charge on any atom is -0.480 e. The van der Waals surface area contributed by atoms with E-state index in [0.29, 0.717) is 4.90 Å². The molecule has 1 fully saturated rings. The Morgan fingerprint density at radius 1 is 1.40 bits per heavy atom. The smallest absolute Gasteiger partial charge is 0.449 e. The number of imide groups is 1. The van der Waals surface area contributed by atoms with Gasteiger partial charge in [-0.25, -0.2) is 14.6 Å². The molecule has 0 aromatic carbocycles. The Bertz CT molecular complexity index is 479. The number of rotatable bonds is 1. The van der Waals surface area contributed by atoms with E-state index in [1.807, 2.05) is 4.98 Å². The van der Waals surface area contributed by atoms with Crippen LogP contribution in [0, 0.1) is 0 Å². The van der Waals surface area contributed by atoms with Gasteiger partial charge in [-0.15, -0.1) is 0 Å². The van der Waals surface area contributed by atoms with Crippen LogP contribution < -0.4 is 15.9 Å². The standard InChI is InChI=1S/C6H3N4O5/c11-3-2(1-7-4(12)8-3)10-5(13)9-15-6(10)14/h1H,(H2,7,8,11,12). The molecule has 9 nitrogen and oxygen atoms in total. The highest BCUT2D eigenvalue weighted by molar-refractivity contribution is 6.14. The first-order valence-electron chi connectivity index (χ1n) is 3.64. The van der Waals surface area contributed by atoms with E-state index in [1.165, 1.54) is 0 Å². The fourth-order valence-corrected chi connectivity index (χ4v) is 0.977. The number of carbonyl (C=O) groups excluding carboxylic acids is 2. The average Bonchev–Trinajstić information content (AvgIpc) is 2.48. The number of H-pyrrole nitrogens is 1. The Morgan fingerprint density at radius 3 is 2.67 bits per heavy atom. The van der Waals surface area contributed by atoms with Crippen molar-refractivity contribution in [2.75, 3.05) is 4.90 Å². The van der Waals surface area contributed by atoms with Crippen LogP contribution in [-0.4, -0.2) is 27.2 Å². The number of anilines is 1. The molecule has 3 amide bonds. The number of aromatic amines is 1. The zero-order chi connectivity index (χ0) is 11.0. The Kier molecular flexibility index (Phi) is 1.78. The van der Waals surface area contributed by atoms with E-state index in [9.17, 15) is 14.4 Å². The van der Waals surface area contributed by atoms with Crippen LogP contribution in [0.3, 0.4) is 0 Å². The Balaban J connectivity index is 2.50. The molecule has 15 heavy (non-hydrogen) atoms. The van der Waals surface area contributed by atoms with Crippen LogP contribution in [0.2, 0.25) is 0 Å².